The van der Waals surface area contributed by atoms with Gasteiger partial charge in [-0.2, -0.15) is 0 Å². The van der Waals surface area contributed by atoms with E-state index < -0.39 is 0 Å². The molecule has 0 aromatic heterocycles. The summed E-state index contributed by atoms with van der Waals surface area (Å²) in [5.74, 6) is 0. The number of rotatable bonds is 7. The van der Waals surface area contributed by atoms with E-state index in [1.54, 1.807) is 0 Å². The Morgan fingerprint density at radius 2 is 1.88 bits per heavy atom. The summed E-state index contributed by atoms with van der Waals surface area (Å²) in [6, 6.07) is 11.0. The van der Waals surface area contributed by atoms with Crippen LogP contribution in [0.3, 0.4) is 0 Å². The molecular weight excluding hydrogens is 198 g/mol. The maximum Gasteiger partial charge on any atom is 0.0697 e. The van der Waals surface area contributed by atoms with E-state index >= 15 is 0 Å². The van der Waals surface area contributed by atoms with Crippen LogP contribution in [0.25, 0.3) is 0 Å². The Morgan fingerprint density at radius 3 is 2.50 bits per heavy atom. The third kappa shape index (κ3) is 4.77. The smallest absolute Gasteiger partial charge is 0.0697 e. The monoisotopic (exact) mass is 221 g/mol. The molecular formula is C14H23NO. The van der Waals surface area contributed by atoms with Crippen molar-refractivity contribution in [1.29, 1.82) is 0 Å². The number of hydrogen-bond donors (Lipinski definition) is 1. The zero-order valence-corrected chi connectivity index (χ0v) is 10.6. The molecule has 2 heteroatoms. The fourth-order valence-electron chi connectivity index (χ4n) is 1.57. The lowest BCUT2D eigenvalue weighted by Crippen LogP contribution is -2.34. The summed E-state index contributed by atoms with van der Waals surface area (Å²) in [4.78, 5) is 0. The van der Waals surface area contributed by atoms with Crippen LogP contribution < -0.4 is 5.32 Å². The van der Waals surface area contributed by atoms with Crippen molar-refractivity contribution in [2.75, 3.05) is 13.7 Å². The Balaban J connectivity index is 2.13. The van der Waals surface area contributed by atoms with E-state index in [-0.39, 0.29) is 6.10 Å². The summed E-state index contributed by atoms with van der Waals surface area (Å²) in [6.45, 7) is 5.09. The lowest BCUT2D eigenvalue weighted by molar-refractivity contribution is 0.0438. The van der Waals surface area contributed by atoms with Gasteiger partial charge in [-0.05, 0) is 39.3 Å². The molecule has 2 nitrogen and oxygen atoms in total. The minimum atomic E-state index is 0.278. The molecule has 1 aromatic carbocycles. The zero-order valence-electron chi connectivity index (χ0n) is 10.6. The van der Waals surface area contributed by atoms with Crippen LogP contribution in [0.1, 0.15) is 25.8 Å². The van der Waals surface area contributed by atoms with Gasteiger partial charge in [0.2, 0.25) is 0 Å². The van der Waals surface area contributed by atoms with Gasteiger partial charge in [0.05, 0.1) is 6.10 Å². The SMILES string of the molecule is CNC(C)C(C)OCCCc1ccccc1. The van der Waals surface area contributed by atoms with Crippen LogP contribution in [-0.4, -0.2) is 25.8 Å². The van der Waals surface area contributed by atoms with Crippen molar-refractivity contribution in [2.45, 2.75) is 38.8 Å². The summed E-state index contributed by atoms with van der Waals surface area (Å²) in [6.07, 6.45) is 2.47. The fraction of sp³-hybridized carbons (Fsp3) is 0.571. The second-order valence-electron chi connectivity index (χ2n) is 4.24. The molecule has 0 heterocycles. The Kier molecular flexibility index (Phi) is 6.12. The van der Waals surface area contributed by atoms with E-state index in [2.05, 4.69) is 49.5 Å². The highest BCUT2D eigenvalue weighted by Gasteiger charge is 2.09. The highest BCUT2D eigenvalue weighted by molar-refractivity contribution is 5.14. The second kappa shape index (κ2) is 7.42. The maximum absolute atomic E-state index is 5.75. The molecule has 2 unspecified atom stereocenters. The van der Waals surface area contributed by atoms with E-state index in [0.29, 0.717) is 6.04 Å². The first-order valence-electron chi connectivity index (χ1n) is 6.07. The van der Waals surface area contributed by atoms with Crippen molar-refractivity contribution < 1.29 is 4.74 Å². The van der Waals surface area contributed by atoms with Gasteiger partial charge in [0.25, 0.3) is 0 Å². The Hall–Kier alpha value is -0.860. The van der Waals surface area contributed by atoms with Gasteiger partial charge < -0.3 is 10.1 Å². The van der Waals surface area contributed by atoms with E-state index in [9.17, 15) is 0 Å². The molecule has 0 saturated heterocycles. The Morgan fingerprint density at radius 1 is 1.19 bits per heavy atom. The first-order valence-corrected chi connectivity index (χ1v) is 6.07. The molecule has 2 atom stereocenters. The molecule has 0 amide bonds. The summed E-state index contributed by atoms with van der Waals surface area (Å²) >= 11 is 0. The number of nitrogens with one attached hydrogen (secondary N) is 1. The lowest BCUT2D eigenvalue weighted by atomic mass is 10.1. The maximum atomic E-state index is 5.75. The molecule has 0 aliphatic heterocycles. The van der Waals surface area contributed by atoms with Crippen molar-refractivity contribution in [2.24, 2.45) is 0 Å². The van der Waals surface area contributed by atoms with E-state index in [0.717, 1.165) is 19.4 Å². The van der Waals surface area contributed by atoms with Gasteiger partial charge in [-0.3, -0.25) is 0 Å². The molecule has 1 N–H and O–H groups in total. The summed E-state index contributed by atoms with van der Waals surface area (Å²) in [7, 11) is 1.97. The fourth-order valence-corrected chi connectivity index (χ4v) is 1.57. The normalized spacial score (nSPS) is 14.7. The topological polar surface area (TPSA) is 21.3 Å². The number of benzene rings is 1. The molecule has 90 valence electrons. The quantitative estimate of drug-likeness (QED) is 0.715. The Labute approximate surface area is 99.0 Å². The van der Waals surface area contributed by atoms with Crippen LogP contribution in [0.15, 0.2) is 30.3 Å². The van der Waals surface area contributed by atoms with E-state index in [1.807, 2.05) is 7.05 Å². The highest BCUT2D eigenvalue weighted by Crippen LogP contribution is 2.04. The molecule has 0 bridgehead atoms. The third-order valence-corrected chi connectivity index (χ3v) is 2.99. The number of aryl methyl sites for hydroxylation is 1. The largest absolute Gasteiger partial charge is 0.377 e. The molecule has 0 aliphatic rings. The van der Waals surface area contributed by atoms with Crippen LogP contribution in [0.5, 0.6) is 0 Å². The molecule has 16 heavy (non-hydrogen) atoms. The van der Waals surface area contributed by atoms with Gasteiger partial charge in [0.15, 0.2) is 0 Å². The number of likely N-dealkylation sites (N-methyl/N-ethyl adjacent to an activating group) is 1. The van der Waals surface area contributed by atoms with Gasteiger partial charge in [-0.1, -0.05) is 30.3 Å². The van der Waals surface area contributed by atoms with Crippen molar-refractivity contribution in [3.63, 3.8) is 0 Å². The lowest BCUT2D eigenvalue weighted by Gasteiger charge is -2.19. The number of ether oxygens (including phenoxy) is 1. The summed E-state index contributed by atoms with van der Waals surface area (Å²) in [5.41, 5.74) is 1.39. The molecule has 1 rings (SSSR count). The summed E-state index contributed by atoms with van der Waals surface area (Å²) < 4.78 is 5.75. The molecule has 1 aromatic rings. The molecule has 0 spiro atoms. The van der Waals surface area contributed by atoms with Crippen LogP contribution in [0, 0.1) is 0 Å². The molecule has 0 radical (unpaired) electrons. The van der Waals surface area contributed by atoms with Crippen LogP contribution in [-0.2, 0) is 11.2 Å². The molecule has 0 saturated carbocycles. The van der Waals surface area contributed by atoms with Crippen molar-refractivity contribution >= 4 is 0 Å². The highest BCUT2D eigenvalue weighted by atomic mass is 16.5. The van der Waals surface area contributed by atoms with Gasteiger partial charge in [-0.15, -0.1) is 0 Å². The first kappa shape index (κ1) is 13.2. The van der Waals surface area contributed by atoms with Gasteiger partial charge in [-0.25, -0.2) is 0 Å². The minimum Gasteiger partial charge on any atom is -0.377 e. The predicted molar refractivity (Wildman–Crippen MR) is 68.7 cm³/mol. The Bertz CT molecular complexity index is 273. The number of hydrogen-bond acceptors (Lipinski definition) is 2. The van der Waals surface area contributed by atoms with Crippen molar-refractivity contribution in [3.05, 3.63) is 35.9 Å². The molecule has 0 aliphatic carbocycles. The predicted octanol–water partition coefficient (Wildman–Crippen LogP) is 2.63. The summed E-state index contributed by atoms with van der Waals surface area (Å²) in [5, 5.41) is 3.20. The third-order valence-electron chi connectivity index (χ3n) is 2.99. The van der Waals surface area contributed by atoms with Gasteiger partial charge in [0.1, 0.15) is 0 Å². The first-order chi connectivity index (χ1) is 7.74. The van der Waals surface area contributed by atoms with Gasteiger partial charge >= 0.3 is 0 Å². The average Bonchev–Trinajstić information content (AvgIpc) is 2.34. The average molecular weight is 221 g/mol. The van der Waals surface area contributed by atoms with Crippen LogP contribution in [0.2, 0.25) is 0 Å². The van der Waals surface area contributed by atoms with Crippen molar-refractivity contribution in [3.8, 4) is 0 Å². The second-order valence-corrected chi connectivity index (χ2v) is 4.24. The molecule has 0 fully saturated rings. The van der Waals surface area contributed by atoms with Crippen LogP contribution in [0.4, 0.5) is 0 Å². The standard InChI is InChI=1S/C14H23NO/c1-12(15-3)13(2)16-11-7-10-14-8-5-4-6-9-14/h4-6,8-9,12-13,15H,7,10-11H2,1-3H3. The minimum absolute atomic E-state index is 0.278. The van der Waals surface area contributed by atoms with Crippen molar-refractivity contribution in [1.82, 2.24) is 5.32 Å². The van der Waals surface area contributed by atoms with E-state index in [1.165, 1.54) is 5.56 Å². The van der Waals surface area contributed by atoms with E-state index in [4.69, 9.17) is 4.74 Å². The zero-order chi connectivity index (χ0) is 11.8. The van der Waals surface area contributed by atoms with Crippen LogP contribution >= 0.6 is 0 Å². The van der Waals surface area contributed by atoms with Gasteiger partial charge in [0, 0.05) is 12.6 Å².